The molecule has 0 spiro atoms. The Bertz CT molecular complexity index is 590. The van der Waals surface area contributed by atoms with E-state index in [0.29, 0.717) is 6.61 Å². The lowest BCUT2D eigenvalue weighted by molar-refractivity contribution is -0.145. The summed E-state index contributed by atoms with van der Waals surface area (Å²) in [5.41, 5.74) is 2.31. The fourth-order valence-corrected chi connectivity index (χ4v) is 2.24. The Balaban J connectivity index is 1.99. The molecule has 0 N–H and O–H groups in total. The van der Waals surface area contributed by atoms with Crippen molar-refractivity contribution < 1.29 is 14.3 Å². The average molecular weight is 396 g/mol. The van der Waals surface area contributed by atoms with Crippen LogP contribution >= 0.6 is 22.6 Å². The Morgan fingerprint density at radius 1 is 1.05 bits per heavy atom. The number of benzene rings is 2. The van der Waals surface area contributed by atoms with E-state index in [1.165, 1.54) is 16.2 Å². The van der Waals surface area contributed by atoms with Crippen LogP contribution < -0.4 is 4.74 Å². The maximum absolute atomic E-state index is 11.3. The van der Waals surface area contributed by atoms with E-state index in [-0.39, 0.29) is 11.9 Å². The molecule has 110 valence electrons. The third-order valence-electron chi connectivity index (χ3n) is 3.14. The van der Waals surface area contributed by atoms with E-state index in [0.717, 1.165) is 11.3 Å². The van der Waals surface area contributed by atoms with Gasteiger partial charge in [0.15, 0.2) is 0 Å². The summed E-state index contributed by atoms with van der Waals surface area (Å²) in [6.45, 7) is 2.10. The average Bonchev–Trinajstić information content (AvgIpc) is 2.53. The normalized spacial score (nSPS) is 11.8. The van der Waals surface area contributed by atoms with Crippen LogP contribution in [0.3, 0.4) is 0 Å². The molecule has 1 atom stereocenters. The molecule has 2 rings (SSSR count). The first kappa shape index (κ1) is 15.8. The van der Waals surface area contributed by atoms with Gasteiger partial charge in [0, 0.05) is 3.57 Å². The van der Waals surface area contributed by atoms with Crippen LogP contribution in [0, 0.1) is 9.49 Å². The summed E-state index contributed by atoms with van der Waals surface area (Å²) in [5.74, 6) is 0.219. The molecule has 0 aliphatic carbocycles. The highest BCUT2D eigenvalue weighted by atomic mass is 127. The summed E-state index contributed by atoms with van der Waals surface area (Å²) in [7, 11) is 1.38. The van der Waals surface area contributed by atoms with Crippen LogP contribution in [0.4, 0.5) is 0 Å². The smallest absolute Gasteiger partial charge is 0.311 e. The van der Waals surface area contributed by atoms with Crippen molar-refractivity contribution in [3.05, 3.63) is 52.1 Å². The number of hydrogen-bond acceptors (Lipinski definition) is 3. The molecule has 0 heterocycles. The van der Waals surface area contributed by atoms with Crippen molar-refractivity contribution in [2.45, 2.75) is 6.92 Å². The summed E-state index contributed by atoms with van der Waals surface area (Å²) >= 11 is 2.29. The second-order valence-electron chi connectivity index (χ2n) is 4.77. The number of ether oxygens (including phenoxy) is 2. The standard InChI is InChI=1S/C17H17IO3/c1-12(17(19)20-2)11-21-16-9-5-14(6-10-16)13-3-7-15(18)8-4-13/h3-10,12H,11H2,1-2H3. The van der Waals surface area contributed by atoms with Crippen LogP contribution in [0.1, 0.15) is 6.92 Å². The molecule has 2 aromatic carbocycles. The van der Waals surface area contributed by atoms with Gasteiger partial charge in [-0.25, -0.2) is 0 Å². The highest BCUT2D eigenvalue weighted by molar-refractivity contribution is 14.1. The molecule has 1 unspecified atom stereocenters. The zero-order valence-corrected chi connectivity index (χ0v) is 14.2. The van der Waals surface area contributed by atoms with Gasteiger partial charge in [-0.15, -0.1) is 0 Å². The fourth-order valence-electron chi connectivity index (χ4n) is 1.88. The SMILES string of the molecule is COC(=O)C(C)COc1ccc(-c2ccc(I)cc2)cc1. The molecule has 0 aliphatic heterocycles. The Kier molecular flexibility index (Phi) is 5.61. The summed E-state index contributed by atoms with van der Waals surface area (Å²) in [5, 5.41) is 0. The van der Waals surface area contributed by atoms with Crippen LogP contribution in [-0.2, 0) is 9.53 Å². The Morgan fingerprint density at radius 2 is 1.57 bits per heavy atom. The van der Waals surface area contributed by atoms with Crippen molar-refractivity contribution in [2.24, 2.45) is 5.92 Å². The van der Waals surface area contributed by atoms with Crippen LogP contribution in [0.25, 0.3) is 11.1 Å². The minimum atomic E-state index is -0.272. The van der Waals surface area contributed by atoms with Crippen LogP contribution in [0.5, 0.6) is 5.75 Å². The van der Waals surface area contributed by atoms with Gasteiger partial charge in [-0.2, -0.15) is 0 Å². The second kappa shape index (κ2) is 7.45. The maximum Gasteiger partial charge on any atom is 0.311 e. The zero-order chi connectivity index (χ0) is 15.2. The largest absolute Gasteiger partial charge is 0.493 e. The summed E-state index contributed by atoms with van der Waals surface area (Å²) in [6.07, 6.45) is 0. The van der Waals surface area contributed by atoms with Gasteiger partial charge in [-0.1, -0.05) is 24.3 Å². The number of carbonyl (C=O) groups is 1. The van der Waals surface area contributed by atoms with Gasteiger partial charge in [0.2, 0.25) is 0 Å². The number of esters is 1. The van der Waals surface area contributed by atoms with Gasteiger partial charge >= 0.3 is 5.97 Å². The van der Waals surface area contributed by atoms with E-state index >= 15 is 0 Å². The summed E-state index contributed by atoms with van der Waals surface area (Å²) < 4.78 is 11.5. The first-order valence-corrected chi connectivity index (χ1v) is 7.74. The molecule has 0 aromatic heterocycles. The minimum absolute atomic E-state index is 0.259. The Hall–Kier alpha value is -1.56. The van der Waals surface area contributed by atoms with E-state index in [1.807, 2.05) is 24.3 Å². The van der Waals surface area contributed by atoms with Crippen LogP contribution in [0.2, 0.25) is 0 Å². The molecule has 0 radical (unpaired) electrons. The number of hydrogen-bond donors (Lipinski definition) is 0. The third-order valence-corrected chi connectivity index (χ3v) is 3.85. The van der Waals surface area contributed by atoms with E-state index in [2.05, 4.69) is 51.6 Å². The molecule has 0 saturated carbocycles. The summed E-state index contributed by atoms with van der Waals surface area (Å²) in [4.78, 5) is 11.3. The Labute approximate surface area is 138 Å². The molecular formula is C17H17IO3. The lowest BCUT2D eigenvalue weighted by Gasteiger charge is -2.11. The number of methoxy groups -OCH3 is 1. The predicted octanol–water partition coefficient (Wildman–Crippen LogP) is 4.15. The molecule has 21 heavy (non-hydrogen) atoms. The minimum Gasteiger partial charge on any atom is -0.493 e. The van der Waals surface area contributed by atoms with E-state index in [9.17, 15) is 4.79 Å². The van der Waals surface area contributed by atoms with E-state index in [4.69, 9.17) is 4.74 Å². The number of rotatable bonds is 5. The van der Waals surface area contributed by atoms with Crippen LogP contribution in [-0.4, -0.2) is 19.7 Å². The Morgan fingerprint density at radius 3 is 2.10 bits per heavy atom. The van der Waals surface area contributed by atoms with E-state index < -0.39 is 0 Å². The molecular weight excluding hydrogens is 379 g/mol. The van der Waals surface area contributed by atoms with Crippen molar-refractivity contribution in [3.8, 4) is 16.9 Å². The molecule has 0 aliphatic rings. The van der Waals surface area contributed by atoms with Gasteiger partial charge in [-0.3, -0.25) is 4.79 Å². The molecule has 0 fully saturated rings. The monoisotopic (exact) mass is 396 g/mol. The number of carbonyl (C=O) groups excluding carboxylic acids is 1. The van der Waals surface area contributed by atoms with Gasteiger partial charge in [0.1, 0.15) is 12.4 Å². The van der Waals surface area contributed by atoms with Gasteiger partial charge < -0.3 is 9.47 Å². The van der Waals surface area contributed by atoms with Crippen molar-refractivity contribution in [3.63, 3.8) is 0 Å². The topological polar surface area (TPSA) is 35.5 Å². The predicted molar refractivity (Wildman–Crippen MR) is 91.3 cm³/mol. The highest BCUT2D eigenvalue weighted by Crippen LogP contribution is 2.23. The molecule has 0 amide bonds. The lowest BCUT2D eigenvalue weighted by Crippen LogP contribution is -2.19. The zero-order valence-electron chi connectivity index (χ0n) is 12.0. The quantitative estimate of drug-likeness (QED) is 0.563. The van der Waals surface area contributed by atoms with Gasteiger partial charge in [-0.05, 0) is 64.9 Å². The number of halogens is 1. The van der Waals surface area contributed by atoms with Gasteiger partial charge in [0.05, 0.1) is 13.0 Å². The molecule has 3 nitrogen and oxygen atoms in total. The third kappa shape index (κ3) is 4.46. The molecule has 2 aromatic rings. The van der Waals surface area contributed by atoms with E-state index in [1.54, 1.807) is 6.92 Å². The van der Waals surface area contributed by atoms with Gasteiger partial charge in [0.25, 0.3) is 0 Å². The first-order chi connectivity index (χ1) is 10.1. The van der Waals surface area contributed by atoms with Crippen molar-refractivity contribution in [2.75, 3.05) is 13.7 Å². The molecule has 4 heteroatoms. The van der Waals surface area contributed by atoms with Crippen LogP contribution in [0.15, 0.2) is 48.5 Å². The van der Waals surface area contributed by atoms with Crippen molar-refractivity contribution >= 4 is 28.6 Å². The highest BCUT2D eigenvalue weighted by Gasteiger charge is 2.13. The van der Waals surface area contributed by atoms with Crippen molar-refractivity contribution in [1.82, 2.24) is 0 Å². The summed E-state index contributed by atoms with van der Waals surface area (Å²) in [6, 6.07) is 16.2. The first-order valence-electron chi connectivity index (χ1n) is 6.67. The molecule has 0 bridgehead atoms. The lowest BCUT2D eigenvalue weighted by atomic mass is 10.1. The second-order valence-corrected chi connectivity index (χ2v) is 6.01. The fraction of sp³-hybridized carbons (Fsp3) is 0.235. The maximum atomic E-state index is 11.3. The van der Waals surface area contributed by atoms with Crippen molar-refractivity contribution in [1.29, 1.82) is 0 Å². The molecule has 0 saturated heterocycles.